The lowest BCUT2D eigenvalue weighted by Crippen LogP contribution is -2.10. The summed E-state index contributed by atoms with van der Waals surface area (Å²) >= 11 is 1.46. The van der Waals surface area contributed by atoms with E-state index < -0.39 is 0 Å². The van der Waals surface area contributed by atoms with Crippen molar-refractivity contribution in [1.82, 2.24) is 0 Å². The lowest BCUT2D eigenvalue weighted by Gasteiger charge is -2.06. The number of ether oxygens (including phenoxy) is 1. The van der Waals surface area contributed by atoms with Gasteiger partial charge < -0.3 is 4.74 Å². The van der Waals surface area contributed by atoms with Crippen LogP contribution in [0.25, 0.3) is 0 Å². The van der Waals surface area contributed by atoms with Crippen molar-refractivity contribution in [3.05, 3.63) is 51.7 Å². The highest BCUT2D eigenvalue weighted by molar-refractivity contribution is 7.12. The van der Waals surface area contributed by atoms with E-state index in [1.807, 2.05) is 23.6 Å². The first-order chi connectivity index (χ1) is 8.83. The molecule has 92 valence electrons. The van der Waals surface area contributed by atoms with E-state index in [9.17, 15) is 4.79 Å². The van der Waals surface area contributed by atoms with Gasteiger partial charge >= 0.3 is 0 Å². The molecule has 0 radical (unpaired) electrons. The van der Waals surface area contributed by atoms with Crippen LogP contribution >= 0.6 is 11.3 Å². The number of ketones is 1. The Morgan fingerprint density at radius 1 is 1.22 bits per heavy atom. The van der Waals surface area contributed by atoms with Gasteiger partial charge in [0.25, 0.3) is 0 Å². The van der Waals surface area contributed by atoms with Gasteiger partial charge in [0.1, 0.15) is 5.75 Å². The molecule has 0 N–H and O–H groups in total. The van der Waals surface area contributed by atoms with Crippen molar-refractivity contribution >= 4 is 17.1 Å². The Morgan fingerprint density at radius 3 is 2.94 bits per heavy atom. The summed E-state index contributed by atoms with van der Waals surface area (Å²) < 4.78 is 5.57. The van der Waals surface area contributed by atoms with Crippen molar-refractivity contribution in [2.24, 2.45) is 0 Å². The van der Waals surface area contributed by atoms with Gasteiger partial charge in [-0.05, 0) is 54.0 Å². The van der Waals surface area contributed by atoms with Crippen molar-refractivity contribution < 1.29 is 9.53 Å². The molecule has 0 saturated heterocycles. The first kappa shape index (κ1) is 11.5. The molecule has 1 heterocycles. The smallest absolute Gasteiger partial charge is 0.210 e. The minimum atomic E-state index is 0.0468. The zero-order valence-electron chi connectivity index (χ0n) is 10.0. The van der Waals surface area contributed by atoms with Crippen LogP contribution in [0.4, 0.5) is 0 Å². The second kappa shape index (κ2) is 4.94. The maximum Gasteiger partial charge on any atom is 0.210 e. The molecule has 0 fully saturated rings. The van der Waals surface area contributed by atoms with E-state index >= 15 is 0 Å². The molecule has 2 nitrogen and oxygen atoms in total. The Labute approximate surface area is 110 Å². The van der Waals surface area contributed by atoms with E-state index in [2.05, 4.69) is 12.1 Å². The summed E-state index contributed by atoms with van der Waals surface area (Å²) in [6, 6.07) is 9.87. The Bertz CT molecular complexity index is 558. The highest BCUT2D eigenvalue weighted by Gasteiger charge is 2.12. The number of benzene rings is 1. The lowest BCUT2D eigenvalue weighted by atomic mass is 10.1. The number of Topliss-reactive ketones (excluding diaryl/α,β-unsaturated/α-hetero) is 1. The molecule has 0 aliphatic heterocycles. The van der Waals surface area contributed by atoms with Gasteiger partial charge in [-0.15, -0.1) is 11.3 Å². The molecule has 1 aliphatic carbocycles. The predicted molar refractivity (Wildman–Crippen MR) is 72.6 cm³/mol. The number of carbonyl (C=O) groups excluding carboxylic acids is 1. The summed E-state index contributed by atoms with van der Waals surface area (Å²) in [5.74, 6) is 0.853. The van der Waals surface area contributed by atoms with Gasteiger partial charge in [0, 0.05) is 0 Å². The van der Waals surface area contributed by atoms with Crippen LogP contribution in [0.5, 0.6) is 5.75 Å². The Hall–Kier alpha value is -1.61. The fourth-order valence-corrected chi connectivity index (χ4v) is 2.95. The van der Waals surface area contributed by atoms with E-state index in [0.29, 0.717) is 0 Å². The average molecular weight is 258 g/mol. The van der Waals surface area contributed by atoms with Gasteiger partial charge in [-0.25, -0.2) is 0 Å². The molecule has 18 heavy (non-hydrogen) atoms. The van der Waals surface area contributed by atoms with Crippen molar-refractivity contribution in [1.29, 1.82) is 0 Å². The van der Waals surface area contributed by atoms with Crippen molar-refractivity contribution in [2.45, 2.75) is 19.3 Å². The number of aryl methyl sites for hydroxylation is 2. The van der Waals surface area contributed by atoms with Crippen LogP contribution in [-0.4, -0.2) is 12.4 Å². The summed E-state index contributed by atoms with van der Waals surface area (Å²) in [5.41, 5.74) is 2.79. The summed E-state index contributed by atoms with van der Waals surface area (Å²) in [6.45, 7) is 0.124. The van der Waals surface area contributed by atoms with Crippen LogP contribution in [-0.2, 0) is 12.8 Å². The highest BCUT2D eigenvalue weighted by Crippen LogP contribution is 2.26. The van der Waals surface area contributed by atoms with E-state index in [-0.39, 0.29) is 12.4 Å². The second-order valence-corrected chi connectivity index (χ2v) is 5.42. The van der Waals surface area contributed by atoms with Gasteiger partial charge in [-0.2, -0.15) is 0 Å². The van der Waals surface area contributed by atoms with Crippen LogP contribution in [0.1, 0.15) is 27.2 Å². The molecular weight excluding hydrogens is 244 g/mol. The normalized spacial score (nSPS) is 13.3. The summed E-state index contributed by atoms with van der Waals surface area (Å²) in [5, 5.41) is 1.91. The molecule has 1 aliphatic rings. The maximum absolute atomic E-state index is 11.8. The number of carbonyl (C=O) groups is 1. The molecule has 1 aromatic heterocycles. The molecule has 0 unspecified atom stereocenters. The Morgan fingerprint density at radius 2 is 2.11 bits per heavy atom. The van der Waals surface area contributed by atoms with E-state index in [0.717, 1.165) is 17.0 Å². The molecule has 0 bridgehead atoms. The van der Waals surface area contributed by atoms with Gasteiger partial charge in [0.2, 0.25) is 5.78 Å². The lowest BCUT2D eigenvalue weighted by molar-refractivity contribution is 0.0925. The Kier molecular flexibility index (Phi) is 3.15. The quantitative estimate of drug-likeness (QED) is 0.785. The van der Waals surface area contributed by atoms with Crippen molar-refractivity contribution in [2.75, 3.05) is 6.61 Å². The minimum absolute atomic E-state index is 0.0468. The average Bonchev–Trinajstić information content (AvgIpc) is 3.05. The van der Waals surface area contributed by atoms with E-state index in [1.165, 1.54) is 35.3 Å². The molecule has 2 aromatic rings. The highest BCUT2D eigenvalue weighted by atomic mass is 32.1. The van der Waals surface area contributed by atoms with Crippen LogP contribution in [0.15, 0.2) is 35.7 Å². The second-order valence-electron chi connectivity index (χ2n) is 4.47. The van der Waals surface area contributed by atoms with Gasteiger partial charge in [-0.3, -0.25) is 4.79 Å². The van der Waals surface area contributed by atoms with E-state index in [4.69, 9.17) is 4.74 Å². The van der Waals surface area contributed by atoms with Crippen molar-refractivity contribution in [3.63, 3.8) is 0 Å². The number of fused-ring (bicyclic) bond motifs is 1. The molecule has 3 heteroatoms. The summed E-state index contributed by atoms with van der Waals surface area (Å²) in [6.07, 6.45) is 3.53. The minimum Gasteiger partial charge on any atom is -0.485 e. The fourth-order valence-electron chi connectivity index (χ4n) is 2.30. The molecular formula is C15H14O2S. The van der Waals surface area contributed by atoms with Gasteiger partial charge in [0.15, 0.2) is 6.61 Å². The summed E-state index contributed by atoms with van der Waals surface area (Å²) in [7, 11) is 0. The van der Waals surface area contributed by atoms with Crippen LogP contribution in [0, 0.1) is 0 Å². The molecule has 0 saturated carbocycles. The number of thiophene rings is 1. The first-order valence-corrected chi connectivity index (χ1v) is 7.02. The standard InChI is InChI=1S/C15H14O2S/c16-14(15-5-2-8-18-15)10-17-13-7-6-11-3-1-4-12(11)9-13/h2,5-9H,1,3-4,10H2. The third-order valence-electron chi connectivity index (χ3n) is 3.24. The summed E-state index contributed by atoms with van der Waals surface area (Å²) in [4.78, 5) is 12.6. The predicted octanol–water partition coefficient (Wildman–Crippen LogP) is 3.50. The number of hydrogen-bond donors (Lipinski definition) is 0. The van der Waals surface area contributed by atoms with Gasteiger partial charge in [0.05, 0.1) is 4.88 Å². The molecule has 0 atom stereocenters. The topological polar surface area (TPSA) is 26.3 Å². The molecule has 3 rings (SSSR count). The van der Waals surface area contributed by atoms with E-state index in [1.54, 1.807) is 0 Å². The molecule has 0 spiro atoms. The third kappa shape index (κ3) is 2.31. The van der Waals surface area contributed by atoms with Crippen molar-refractivity contribution in [3.8, 4) is 5.75 Å². The monoisotopic (exact) mass is 258 g/mol. The number of hydrogen-bond acceptors (Lipinski definition) is 3. The molecule has 0 amide bonds. The number of rotatable bonds is 4. The largest absolute Gasteiger partial charge is 0.485 e. The SMILES string of the molecule is O=C(COc1ccc2c(c1)CCC2)c1cccs1. The van der Waals surface area contributed by atoms with Gasteiger partial charge in [-0.1, -0.05) is 12.1 Å². The molecule has 1 aromatic carbocycles. The van der Waals surface area contributed by atoms with Crippen LogP contribution in [0.3, 0.4) is 0 Å². The third-order valence-corrected chi connectivity index (χ3v) is 4.15. The van der Waals surface area contributed by atoms with Crippen LogP contribution in [0.2, 0.25) is 0 Å². The fraction of sp³-hybridized carbons (Fsp3) is 0.267. The Balaban J connectivity index is 1.65. The zero-order valence-corrected chi connectivity index (χ0v) is 10.8. The first-order valence-electron chi connectivity index (χ1n) is 6.14. The van der Waals surface area contributed by atoms with Crippen LogP contribution < -0.4 is 4.74 Å². The maximum atomic E-state index is 11.8. The zero-order chi connectivity index (χ0) is 12.4.